The van der Waals surface area contributed by atoms with E-state index in [0.29, 0.717) is 25.2 Å². The normalized spacial score (nSPS) is 17.8. The zero-order chi connectivity index (χ0) is 14.2. The van der Waals surface area contributed by atoms with Gasteiger partial charge >= 0.3 is 0 Å². The van der Waals surface area contributed by atoms with E-state index in [9.17, 15) is 25.3 Å². The zero-order valence-corrected chi connectivity index (χ0v) is 10.3. The molecule has 1 saturated heterocycles. The van der Waals surface area contributed by atoms with Gasteiger partial charge in [-0.05, 0) is 13.0 Å². The van der Waals surface area contributed by atoms with Crippen LogP contribution in [-0.2, 0) is 6.54 Å². The van der Waals surface area contributed by atoms with Crippen LogP contribution in [0.5, 0.6) is 0 Å². The van der Waals surface area contributed by atoms with Crippen molar-refractivity contribution < 1.29 is 15.0 Å². The predicted octanol–water partition coefficient (Wildman–Crippen LogP) is 1.07. The molecule has 8 heteroatoms. The second kappa shape index (κ2) is 4.56. The molecular weight excluding hydrogens is 254 g/mol. The Labute approximate surface area is 108 Å². The van der Waals surface area contributed by atoms with E-state index in [1.807, 2.05) is 4.90 Å². The smallest absolute Gasteiger partial charge is 0.280 e. The molecule has 1 fully saturated rings. The Hall–Kier alpha value is -2.06. The first kappa shape index (κ1) is 13.4. The van der Waals surface area contributed by atoms with Crippen molar-refractivity contribution in [3.8, 4) is 0 Å². The largest absolute Gasteiger partial charge is 0.388 e. The summed E-state index contributed by atoms with van der Waals surface area (Å²) in [6.07, 6.45) is 0. The van der Waals surface area contributed by atoms with Gasteiger partial charge in [0.2, 0.25) is 0 Å². The van der Waals surface area contributed by atoms with Crippen molar-refractivity contribution in [2.24, 2.45) is 0 Å². The van der Waals surface area contributed by atoms with E-state index in [2.05, 4.69) is 0 Å². The average molecular weight is 267 g/mol. The van der Waals surface area contributed by atoms with Crippen LogP contribution >= 0.6 is 0 Å². The maximum atomic E-state index is 10.9. The van der Waals surface area contributed by atoms with Gasteiger partial charge in [-0.25, -0.2) is 0 Å². The van der Waals surface area contributed by atoms with E-state index >= 15 is 0 Å². The van der Waals surface area contributed by atoms with E-state index in [-0.39, 0.29) is 11.4 Å². The third-order valence-electron chi connectivity index (χ3n) is 3.00. The van der Waals surface area contributed by atoms with E-state index in [0.717, 1.165) is 6.07 Å². The SMILES string of the molecule is CC1(O)CN(Cc2ccc([N+](=O)[O-])cc2[N+](=O)[O-])C1. The number of nitro benzene ring substituents is 2. The Morgan fingerprint density at radius 2 is 1.95 bits per heavy atom. The minimum atomic E-state index is -0.754. The van der Waals surface area contributed by atoms with Gasteiger partial charge in [-0.2, -0.15) is 0 Å². The molecular formula is C11H13N3O5. The summed E-state index contributed by atoms with van der Waals surface area (Å²) in [5.74, 6) is 0. The highest BCUT2D eigenvalue weighted by atomic mass is 16.6. The van der Waals surface area contributed by atoms with Gasteiger partial charge < -0.3 is 5.11 Å². The fraction of sp³-hybridized carbons (Fsp3) is 0.455. The summed E-state index contributed by atoms with van der Waals surface area (Å²) < 4.78 is 0. The van der Waals surface area contributed by atoms with Gasteiger partial charge in [-0.3, -0.25) is 25.1 Å². The Morgan fingerprint density at radius 1 is 1.32 bits per heavy atom. The second-order valence-electron chi connectivity index (χ2n) is 4.97. The van der Waals surface area contributed by atoms with E-state index in [1.165, 1.54) is 12.1 Å². The van der Waals surface area contributed by atoms with Gasteiger partial charge in [-0.15, -0.1) is 0 Å². The summed E-state index contributed by atoms with van der Waals surface area (Å²) in [5, 5.41) is 31.1. The molecule has 1 heterocycles. The summed E-state index contributed by atoms with van der Waals surface area (Å²) in [6.45, 7) is 2.85. The molecule has 8 nitrogen and oxygen atoms in total. The highest BCUT2D eigenvalue weighted by Crippen LogP contribution is 2.29. The van der Waals surface area contributed by atoms with E-state index in [4.69, 9.17) is 0 Å². The van der Waals surface area contributed by atoms with Crippen LogP contribution in [0.2, 0.25) is 0 Å². The van der Waals surface area contributed by atoms with Crippen LogP contribution in [-0.4, -0.2) is 38.5 Å². The molecule has 1 aromatic rings. The summed E-state index contributed by atoms with van der Waals surface area (Å²) in [4.78, 5) is 22.1. The van der Waals surface area contributed by atoms with Crippen LogP contribution in [0.15, 0.2) is 18.2 Å². The molecule has 1 N–H and O–H groups in total. The number of rotatable bonds is 4. The summed E-state index contributed by atoms with van der Waals surface area (Å²) in [5.41, 5.74) is -0.909. The number of likely N-dealkylation sites (tertiary alicyclic amines) is 1. The van der Waals surface area contributed by atoms with Crippen molar-refractivity contribution >= 4 is 11.4 Å². The van der Waals surface area contributed by atoms with E-state index < -0.39 is 15.4 Å². The van der Waals surface area contributed by atoms with Crippen molar-refractivity contribution in [1.82, 2.24) is 4.90 Å². The third-order valence-corrected chi connectivity index (χ3v) is 3.00. The Bertz CT molecular complexity index is 535. The highest BCUT2D eigenvalue weighted by molar-refractivity contribution is 5.49. The quantitative estimate of drug-likeness (QED) is 0.645. The van der Waals surface area contributed by atoms with Gasteiger partial charge in [0.05, 0.1) is 21.5 Å². The van der Waals surface area contributed by atoms with Crippen LogP contribution in [0.4, 0.5) is 11.4 Å². The van der Waals surface area contributed by atoms with Crippen molar-refractivity contribution in [3.63, 3.8) is 0 Å². The molecule has 2 rings (SSSR count). The molecule has 0 spiro atoms. The van der Waals surface area contributed by atoms with Crippen molar-refractivity contribution in [3.05, 3.63) is 44.0 Å². The zero-order valence-electron chi connectivity index (χ0n) is 10.3. The standard InChI is InChI=1S/C11H13N3O5/c1-11(15)6-12(7-11)5-8-2-3-9(13(16)17)4-10(8)14(18)19/h2-4,15H,5-7H2,1H3. The molecule has 0 atom stereocenters. The molecule has 0 bridgehead atoms. The van der Waals surface area contributed by atoms with Crippen LogP contribution in [0.25, 0.3) is 0 Å². The third kappa shape index (κ3) is 2.85. The van der Waals surface area contributed by atoms with Crippen molar-refractivity contribution in [2.75, 3.05) is 13.1 Å². The topological polar surface area (TPSA) is 110 Å². The predicted molar refractivity (Wildman–Crippen MR) is 65.7 cm³/mol. The number of hydrogen-bond acceptors (Lipinski definition) is 6. The lowest BCUT2D eigenvalue weighted by atomic mass is 9.96. The Kier molecular flexibility index (Phi) is 3.21. The average Bonchev–Trinajstić information content (AvgIpc) is 2.26. The summed E-state index contributed by atoms with van der Waals surface area (Å²) in [7, 11) is 0. The Morgan fingerprint density at radius 3 is 2.42 bits per heavy atom. The summed E-state index contributed by atoms with van der Waals surface area (Å²) in [6, 6.07) is 3.61. The van der Waals surface area contributed by atoms with Crippen molar-refractivity contribution in [2.45, 2.75) is 19.1 Å². The number of β-amino-alcohol motifs (C(OH)–C–C–N with tert-alkyl or cyclic N) is 1. The first-order valence-corrected chi connectivity index (χ1v) is 5.65. The minimum Gasteiger partial charge on any atom is -0.388 e. The van der Waals surface area contributed by atoms with Gasteiger partial charge in [0, 0.05) is 31.3 Å². The van der Waals surface area contributed by atoms with E-state index in [1.54, 1.807) is 6.92 Å². The number of hydrogen-bond donors (Lipinski definition) is 1. The molecule has 0 unspecified atom stereocenters. The fourth-order valence-corrected chi connectivity index (χ4v) is 2.24. The van der Waals surface area contributed by atoms with Gasteiger partial charge in [-0.1, -0.05) is 0 Å². The fourth-order valence-electron chi connectivity index (χ4n) is 2.24. The minimum absolute atomic E-state index is 0.263. The number of nitro groups is 2. The van der Waals surface area contributed by atoms with Crippen molar-refractivity contribution in [1.29, 1.82) is 0 Å². The molecule has 1 aliphatic heterocycles. The monoisotopic (exact) mass is 267 g/mol. The first-order chi connectivity index (χ1) is 8.78. The van der Waals surface area contributed by atoms with Crippen LogP contribution < -0.4 is 0 Å². The molecule has 0 aliphatic carbocycles. The van der Waals surface area contributed by atoms with Gasteiger partial charge in [0.25, 0.3) is 11.4 Å². The molecule has 19 heavy (non-hydrogen) atoms. The highest BCUT2D eigenvalue weighted by Gasteiger charge is 2.37. The lowest BCUT2D eigenvalue weighted by molar-refractivity contribution is -0.394. The number of non-ortho nitro benzene ring substituents is 1. The molecule has 102 valence electrons. The molecule has 0 amide bonds. The van der Waals surface area contributed by atoms with Crippen LogP contribution in [0.1, 0.15) is 12.5 Å². The Balaban J connectivity index is 2.20. The molecule has 1 aromatic carbocycles. The number of nitrogens with zero attached hydrogens (tertiary/aromatic N) is 3. The lowest BCUT2D eigenvalue weighted by Crippen LogP contribution is -2.59. The number of benzene rings is 1. The molecule has 0 aromatic heterocycles. The maximum Gasteiger partial charge on any atom is 0.280 e. The van der Waals surface area contributed by atoms with Crippen LogP contribution in [0.3, 0.4) is 0 Å². The maximum absolute atomic E-state index is 10.9. The summed E-state index contributed by atoms with van der Waals surface area (Å²) >= 11 is 0. The lowest BCUT2D eigenvalue weighted by Gasteiger charge is -2.44. The number of aliphatic hydroxyl groups is 1. The molecule has 0 radical (unpaired) electrons. The molecule has 0 saturated carbocycles. The second-order valence-corrected chi connectivity index (χ2v) is 4.97. The van der Waals surface area contributed by atoms with Gasteiger partial charge in [0.1, 0.15) is 0 Å². The van der Waals surface area contributed by atoms with Crippen LogP contribution in [0, 0.1) is 20.2 Å². The molecule has 1 aliphatic rings. The van der Waals surface area contributed by atoms with Gasteiger partial charge in [0.15, 0.2) is 0 Å². The first-order valence-electron chi connectivity index (χ1n) is 5.65.